The van der Waals surface area contributed by atoms with Gasteiger partial charge in [0.15, 0.2) is 5.78 Å². The van der Waals surface area contributed by atoms with Crippen molar-refractivity contribution in [2.24, 2.45) is 11.8 Å². The molecule has 1 aliphatic heterocycles. The average Bonchev–Trinajstić information content (AvgIpc) is 3.41. The number of Topliss-reactive ketones (excluding diaryl/α,β-unsaturated/α-hetero) is 1. The van der Waals surface area contributed by atoms with Crippen LogP contribution in [0.1, 0.15) is 43.6 Å². The summed E-state index contributed by atoms with van der Waals surface area (Å²) in [6, 6.07) is 7.44. The second kappa shape index (κ2) is 10.6. The number of carbonyl (C=O) groups is 4. The maximum atomic E-state index is 13.3. The lowest BCUT2D eigenvalue weighted by Crippen LogP contribution is -2.53. The van der Waals surface area contributed by atoms with Crippen molar-refractivity contribution in [2.75, 3.05) is 20.2 Å². The summed E-state index contributed by atoms with van der Waals surface area (Å²) in [7, 11) is 1.56. The second-order valence-corrected chi connectivity index (χ2v) is 9.03. The number of H-pyrrole nitrogens is 1. The molecule has 2 aromatic rings. The van der Waals surface area contributed by atoms with Gasteiger partial charge in [0.1, 0.15) is 18.3 Å². The van der Waals surface area contributed by atoms with Crippen molar-refractivity contribution in [3.05, 3.63) is 36.0 Å². The summed E-state index contributed by atoms with van der Waals surface area (Å²) in [5.41, 5.74) is 1.19. The van der Waals surface area contributed by atoms with Crippen LogP contribution in [0.2, 0.25) is 0 Å². The molecule has 0 saturated carbocycles. The molecule has 0 bridgehead atoms. The largest absolute Gasteiger partial charge is 0.389 e. The van der Waals surface area contributed by atoms with Crippen LogP contribution in [0, 0.1) is 11.8 Å². The number of aliphatic hydroxyl groups is 1. The summed E-state index contributed by atoms with van der Waals surface area (Å²) in [4.78, 5) is 55.2. The maximum absolute atomic E-state index is 13.3. The number of fused-ring (bicyclic) bond motifs is 1. The Labute approximate surface area is 192 Å². The highest BCUT2D eigenvalue weighted by atomic mass is 16.3. The molecule has 0 radical (unpaired) electrons. The Kier molecular flexibility index (Phi) is 7.86. The van der Waals surface area contributed by atoms with Gasteiger partial charge in [-0.2, -0.15) is 0 Å². The zero-order valence-electron chi connectivity index (χ0n) is 19.3. The molecule has 1 saturated heterocycles. The first kappa shape index (κ1) is 24.4. The van der Waals surface area contributed by atoms with Crippen LogP contribution < -0.4 is 10.6 Å². The molecular formula is C24H32N4O5. The van der Waals surface area contributed by atoms with E-state index < -0.39 is 36.3 Å². The van der Waals surface area contributed by atoms with Crippen LogP contribution in [0.4, 0.5) is 0 Å². The van der Waals surface area contributed by atoms with E-state index in [0.717, 1.165) is 10.9 Å². The number of hydrogen-bond acceptors (Lipinski definition) is 5. The molecule has 1 aromatic carbocycles. The zero-order chi connectivity index (χ0) is 24.1. The molecule has 9 heteroatoms. The van der Waals surface area contributed by atoms with Crippen LogP contribution in [0.15, 0.2) is 30.3 Å². The predicted octanol–water partition coefficient (Wildman–Crippen LogP) is 1.23. The monoisotopic (exact) mass is 456 g/mol. The van der Waals surface area contributed by atoms with Crippen molar-refractivity contribution < 1.29 is 24.3 Å². The lowest BCUT2D eigenvalue weighted by molar-refractivity contribution is -0.133. The van der Waals surface area contributed by atoms with Crippen LogP contribution in [-0.4, -0.2) is 70.8 Å². The third-order valence-corrected chi connectivity index (χ3v) is 6.09. The molecule has 0 spiro atoms. The summed E-state index contributed by atoms with van der Waals surface area (Å²) in [6.07, 6.45) is 1.07. The molecule has 0 aliphatic carbocycles. The number of hydrogen-bond donors (Lipinski definition) is 4. The van der Waals surface area contributed by atoms with Gasteiger partial charge in [-0.15, -0.1) is 0 Å². The van der Waals surface area contributed by atoms with Gasteiger partial charge in [-0.1, -0.05) is 32.0 Å². The Morgan fingerprint density at radius 3 is 2.58 bits per heavy atom. The van der Waals surface area contributed by atoms with Gasteiger partial charge >= 0.3 is 0 Å². The molecule has 1 aromatic heterocycles. The second-order valence-electron chi connectivity index (χ2n) is 9.03. The van der Waals surface area contributed by atoms with Crippen molar-refractivity contribution in [2.45, 2.75) is 45.2 Å². The Morgan fingerprint density at radius 2 is 1.97 bits per heavy atom. The van der Waals surface area contributed by atoms with Gasteiger partial charge in [0.25, 0.3) is 5.91 Å². The summed E-state index contributed by atoms with van der Waals surface area (Å²) in [5, 5.41) is 15.7. The summed E-state index contributed by atoms with van der Waals surface area (Å²) >= 11 is 0. The molecule has 33 heavy (non-hydrogen) atoms. The van der Waals surface area contributed by atoms with Gasteiger partial charge in [0.05, 0.1) is 6.04 Å². The minimum Gasteiger partial charge on any atom is -0.389 e. The molecule has 4 N–H and O–H groups in total. The number of amides is 3. The highest BCUT2D eigenvalue weighted by Gasteiger charge is 2.34. The highest BCUT2D eigenvalue weighted by Crippen LogP contribution is 2.20. The first-order valence-corrected chi connectivity index (χ1v) is 11.3. The van der Waals surface area contributed by atoms with E-state index in [4.69, 9.17) is 0 Å². The minimum absolute atomic E-state index is 0.103. The van der Waals surface area contributed by atoms with Gasteiger partial charge in [0.2, 0.25) is 11.8 Å². The number of para-hydroxylation sites is 1. The first-order chi connectivity index (χ1) is 15.7. The number of nitrogens with one attached hydrogen (secondary N) is 3. The fourth-order valence-electron chi connectivity index (χ4n) is 4.21. The third-order valence-electron chi connectivity index (χ3n) is 6.09. The maximum Gasteiger partial charge on any atom is 0.270 e. The van der Waals surface area contributed by atoms with Gasteiger partial charge in [-0.3, -0.25) is 19.2 Å². The fourth-order valence-corrected chi connectivity index (χ4v) is 4.21. The number of likely N-dealkylation sites (N-methyl/N-ethyl adjacent to an activating group) is 1. The van der Waals surface area contributed by atoms with Gasteiger partial charge in [-0.25, -0.2) is 0 Å². The number of ketones is 1. The molecule has 1 fully saturated rings. The van der Waals surface area contributed by atoms with Crippen LogP contribution in [0.25, 0.3) is 10.9 Å². The number of aliphatic hydroxyl groups excluding tert-OH is 1. The van der Waals surface area contributed by atoms with Crippen molar-refractivity contribution in [1.29, 1.82) is 0 Å². The lowest BCUT2D eigenvalue weighted by atomic mass is 9.95. The lowest BCUT2D eigenvalue weighted by Gasteiger charge is -2.30. The van der Waals surface area contributed by atoms with E-state index in [9.17, 15) is 24.3 Å². The van der Waals surface area contributed by atoms with E-state index in [1.54, 1.807) is 13.1 Å². The minimum atomic E-state index is -0.998. The summed E-state index contributed by atoms with van der Waals surface area (Å²) in [6.45, 7) is 3.68. The van der Waals surface area contributed by atoms with Gasteiger partial charge in [0, 0.05) is 30.4 Å². The predicted molar refractivity (Wildman–Crippen MR) is 123 cm³/mol. The smallest absolute Gasteiger partial charge is 0.270 e. The van der Waals surface area contributed by atoms with Crippen LogP contribution in [-0.2, 0) is 14.4 Å². The van der Waals surface area contributed by atoms with Crippen molar-refractivity contribution in [1.82, 2.24) is 20.5 Å². The van der Waals surface area contributed by atoms with E-state index in [2.05, 4.69) is 15.6 Å². The standard InChI is InChI=1S/C24H32N4O5/c1-14(2)10-20(28(3)24(33)19-11-15-6-4-5-7-17(15)26-19)23(32)27-18(21(30)13-29)12-16-8-9-25-22(16)31/h4-7,11,14,16,18,20,26,29H,8-10,12-13H2,1-3H3,(H,25,31)(H,27,32)/t16-,18-,20-/m0/s1. The molecule has 9 nitrogen and oxygen atoms in total. The van der Waals surface area contributed by atoms with Crippen molar-refractivity contribution in [3.8, 4) is 0 Å². The van der Waals surface area contributed by atoms with E-state index in [1.807, 2.05) is 38.1 Å². The quantitative estimate of drug-likeness (QED) is 0.427. The molecule has 0 unspecified atom stereocenters. The number of aromatic nitrogens is 1. The Hall–Kier alpha value is -3.20. The van der Waals surface area contributed by atoms with Crippen molar-refractivity contribution >= 4 is 34.4 Å². The van der Waals surface area contributed by atoms with E-state index in [0.29, 0.717) is 25.1 Å². The van der Waals surface area contributed by atoms with Crippen LogP contribution in [0.5, 0.6) is 0 Å². The van der Waals surface area contributed by atoms with Gasteiger partial charge in [-0.05, 0) is 37.3 Å². The SMILES string of the molecule is CC(C)C[C@@H](C(=O)N[C@@H](C[C@@H]1CCNC1=O)C(=O)CO)N(C)C(=O)c1cc2ccccc2[nH]1. The fraction of sp³-hybridized carbons (Fsp3) is 0.500. The number of carbonyl (C=O) groups excluding carboxylic acids is 4. The number of nitrogens with zero attached hydrogens (tertiary/aromatic N) is 1. The normalized spacial score (nSPS) is 17.6. The zero-order valence-corrected chi connectivity index (χ0v) is 19.3. The Morgan fingerprint density at radius 1 is 1.24 bits per heavy atom. The number of aromatic amines is 1. The summed E-state index contributed by atoms with van der Waals surface area (Å²) in [5.74, 6) is -1.85. The molecule has 3 amide bonds. The van der Waals surface area contributed by atoms with E-state index >= 15 is 0 Å². The van der Waals surface area contributed by atoms with Crippen LogP contribution in [0.3, 0.4) is 0 Å². The summed E-state index contributed by atoms with van der Waals surface area (Å²) < 4.78 is 0. The third kappa shape index (κ3) is 5.78. The first-order valence-electron chi connectivity index (χ1n) is 11.3. The molecule has 178 valence electrons. The average molecular weight is 457 g/mol. The molecule has 1 aliphatic rings. The van der Waals surface area contributed by atoms with Crippen LogP contribution >= 0.6 is 0 Å². The molecule has 2 heterocycles. The van der Waals surface area contributed by atoms with Crippen molar-refractivity contribution in [3.63, 3.8) is 0 Å². The van der Waals surface area contributed by atoms with E-state index in [-0.39, 0.29) is 24.2 Å². The molecular weight excluding hydrogens is 424 g/mol. The topological polar surface area (TPSA) is 132 Å². The molecule has 3 rings (SSSR count). The Bertz CT molecular complexity index is 998. The number of rotatable bonds is 10. The molecule has 3 atom stereocenters. The number of benzene rings is 1. The van der Waals surface area contributed by atoms with Gasteiger partial charge < -0.3 is 25.6 Å². The highest BCUT2D eigenvalue weighted by molar-refractivity contribution is 6.00. The van der Waals surface area contributed by atoms with E-state index in [1.165, 1.54) is 4.90 Å². The Balaban J connectivity index is 1.78.